The molecule has 7 rings (SSSR count). The van der Waals surface area contributed by atoms with Crippen LogP contribution in [-0.4, -0.2) is 63.1 Å². The Labute approximate surface area is 183 Å². The Balaban J connectivity index is 1.21. The van der Waals surface area contributed by atoms with Gasteiger partial charge in [0, 0.05) is 12.6 Å². The van der Waals surface area contributed by atoms with Gasteiger partial charge in [-0.1, -0.05) is 12.8 Å². The van der Waals surface area contributed by atoms with E-state index in [1.54, 1.807) is 0 Å². The van der Waals surface area contributed by atoms with Crippen molar-refractivity contribution in [3.8, 4) is 0 Å². The van der Waals surface area contributed by atoms with Crippen LogP contribution in [0, 0.1) is 23.7 Å². The van der Waals surface area contributed by atoms with Gasteiger partial charge < -0.3 is 4.90 Å². The lowest BCUT2D eigenvalue weighted by Crippen LogP contribution is -2.62. The first-order valence-electron chi connectivity index (χ1n) is 12.4. The summed E-state index contributed by atoms with van der Waals surface area (Å²) < 4.78 is 0. The minimum absolute atomic E-state index is 0.168. The van der Waals surface area contributed by atoms with E-state index in [-0.39, 0.29) is 18.5 Å². The Kier molecular flexibility index (Phi) is 4.48. The van der Waals surface area contributed by atoms with Gasteiger partial charge in [0.05, 0.1) is 5.54 Å². The first kappa shape index (κ1) is 19.7. The quantitative estimate of drug-likeness (QED) is 0.513. The standard InChI is InChI=1S/C24H33N3O4/c28-20(25-7-3-5-18-4-1-2-6-19(18)25)14-26-21(29)22(30)27(23(26)31)24-11-15-8-16(12-24)10-17(9-15)13-24/h15-19H,1-14H2. The van der Waals surface area contributed by atoms with Crippen molar-refractivity contribution in [1.82, 2.24) is 14.7 Å². The third-order valence-corrected chi connectivity index (χ3v) is 9.39. The van der Waals surface area contributed by atoms with Crippen LogP contribution in [0.1, 0.15) is 77.0 Å². The van der Waals surface area contributed by atoms with Crippen molar-refractivity contribution < 1.29 is 19.2 Å². The Morgan fingerprint density at radius 2 is 1.45 bits per heavy atom. The summed E-state index contributed by atoms with van der Waals surface area (Å²) in [5.41, 5.74) is -0.490. The number of likely N-dealkylation sites (tertiary alicyclic amines) is 1. The molecule has 2 saturated heterocycles. The highest BCUT2D eigenvalue weighted by Gasteiger charge is 2.61. The van der Waals surface area contributed by atoms with Crippen molar-refractivity contribution in [3.63, 3.8) is 0 Å². The number of nitrogens with zero attached hydrogens (tertiary/aromatic N) is 3. The van der Waals surface area contributed by atoms with Crippen LogP contribution in [-0.2, 0) is 14.4 Å². The van der Waals surface area contributed by atoms with Gasteiger partial charge in [0.2, 0.25) is 5.91 Å². The number of carbonyl (C=O) groups excluding carboxylic acids is 4. The van der Waals surface area contributed by atoms with Gasteiger partial charge in [-0.2, -0.15) is 0 Å². The van der Waals surface area contributed by atoms with Gasteiger partial charge >= 0.3 is 17.8 Å². The fourth-order valence-corrected chi connectivity index (χ4v) is 8.56. The lowest BCUT2D eigenvalue weighted by molar-refractivity contribution is -0.150. The Bertz CT molecular complexity index is 801. The van der Waals surface area contributed by atoms with Crippen LogP contribution in [0.2, 0.25) is 0 Å². The molecule has 2 unspecified atom stereocenters. The minimum Gasteiger partial charge on any atom is -0.338 e. The van der Waals surface area contributed by atoms with E-state index in [1.807, 2.05) is 4.90 Å². The van der Waals surface area contributed by atoms with Gasteiger partial charge in [-0.3, -0.25) is 14.4 Å². The molecule has 2 atom stereocenters. The number of hydrogen-bond donors (Lipinski definition) is 0. The van der Waals surface area contributed by atoms with E-state index in [0.717, 1.165) is 56.3 Å². The van der Waals surface area contributed by atoms with Gasteiger partial charge in [-0.05, 0) is 87.9 Å². The van der Waals surface area contributed by atoms with E-state index in [2.05, 4.69) is 0 Å². The molecule has 5 aliphatic carbocycles. The fourth-order valence-electron chi connectivity index (χ4n) is 8.56. The number of fused-ring (bicyclic) bond motifs is 1. The molecule has 0 aromatic carbocycles. The van der Waals surface area contributed by atoms with Crippen LogP contribution in [0.4, 0.5) is 4.79 Å². The van der Waals surface area contributed by atoms with Gasteiger partial charge in [-0.15, -0.1) is 0 Å². The number of urea groups is 1. The van der Waals surface area contributed by atoms with Crippen LogP contribution in [0.25, 0.3) is 0 Å². The van der Waals surface area contributed by atoms with E-state index < -0.39 is 23.4 Å². The third kappa shape index (κ3) is 2.98. The molecule has 7 fully saturated rings. The molecule has 2 aliphatic heterocycles. The predicted molar refractivity (Wildman–Crippen MR) is 112 cm³/mol. The van der Waals surface area contributed by atoms with Gasteiger partial charge in [0.15, 0.2) is 0 Å². The molecule has 4 bridgehead atoms. The zero-order valence-corrected chi connectivity index (χ0v) is 18.3. The maximum atomic E-state index is 13.4. The van der Waals surface area contributed by atoms with E-state index in [9.17, 15) is 19.2 Å². The van der Waals surface area contributed by atoms with Crippen LogP contribution in [0.3, 0.4) is 0 Å². The minimum atomic E-state index is -0.800. The second-order valence-electron chi connectivity index (χ2n) is 11.3. The molecule has 5 saturated carbocycles. The van der Waals surface area contributed by atoms with Gasteiger partial charge in [-0.25, -0.2) is 14.6 Å². The Morgan fingerprint density at radius 3 is 2.13 bits per heavy atom. The van der Waals surface area contributed by atoms with E-state index in [0.29, 0.717) is 30.2 Å². The molecule has 31 heavy (non-hydrogen) atoms. The molecule has 168 valence electrons. The molecular weight excluding hydrogens is 394 g/mol. The zero-order chi connectivity index (χ0) is 21.3. The van der Waals surface area contributed by atoms with Crippen molar-refractivity contribution in [2.45, 2.75) is 88.6 Å². The van der Waals surface area contributed by atoms with Crippen LogP contribution < -0.4 is 0 Å². The van der Waals surface area contributed by atoms with E-state index in [1.165, 1.54) is 30.6 Å². The molecule has 7 aliphatic rings. The maximum Gasteiger partial charge on any atom is 0.335 e. The van der Waals surface area contributed by atoms with Crippen molar-refractivity contribution in [2.75, 3.05) is 13.1 Å². The summed E-state index contributed by atoms with van der Waals surface area (Å²) in [5, 5.41) is 0. The Morgan fingerprint density at radius 1 is 0.839 bits per heavy atom. The number of hydrogen-bond acceptors (Lipinski definition) is 4. The lowest BCUT2D eigenvalue weighted by atomic mass is 9.52. The largest absolute Gasteiger partial charge is 0.338 e. The van der Waals surface area contributed by atoms with E-state index >= 15 is 0 Å². The first-order chi connectivity index (χ1) is 14.9. The molecule has 0 spiro atoms. The molecule has 2 heterocycles. The third-order valence-electron chi connectivity index (χ3n) is 9.39. The summed E-state index contributed by atoms with van der Waals surface area (Å²) in [7, 11) is 0. The molecule has 0 aromatic rings. The second-order valence-corrected chi connectivity index (χ2v) is 11.3. The Hall–Kier alpha value is -1.92. The number of imide groups is 2. The summed E-state index contributed by atoms with van der Waals surface area (Å²) in [4.78, 5) is 56.6. The van der Waals surface area contributed by atoms with Crippen molar-refractivity contribution in [3.05, 3.63) is 0 Å². The van der Waals surface area contributed by atoms with Gasteiger partial charge in [0.25, 0.3) is 0 Å². The average molecular weight is 428 g/mol. The highest BCUT2D eigenvalue weighted by atomic mass is 16.2. The highest BCUT2D eigenvalue weighted by molar-refractivity contribution is 6.45. The van der Waals surface area contributed by atoms with Gasteiger partial charge in [0.1, 0.15) is 6.54 Å². The topological polar surface area (TPSA) is 78.0 Å². The number of carbonyl (C=O) groups is 4. The smallest absolute Gasteiger partial charge is 0.335 e. The summed E-state index contributed by atoms with van der Waals surface area (Å²) in [5.74, 6) is 0.568. The summed E-state index contributed by atoms with van der Waals surface area (Å²) in [6.07, 6.45) is 12.8. The first-order valence-corrected chi connectivity index (χ1v) is 12.4. The fraction of sp³-hybridized carbons (Fsp3) is 0.833. The van der Waals surface area contributed by atoms with Crippen molar-refractivity contribution >= 4 is 23.8 Å². The van der Waals surface area contributed by atoms with Crippen molar-refractivity contribution in [2.24, 2.45) is 23.7 Å². The highest BCUT2D eigenvalue weighted by Crippen LogP contribution is 2.58. The monoisotopic (exact) mass is 427 g/mol. The van der Waals surface area contributed by atoms with E-state index in [4.69, 9.17) is 0 Å². The molecule has 7 nitrogen and oxygen atoms in total. The average Bonchev–Trinajstić information content (AvgIpc) is 2.96. The number of rotatable bonds is 3. The number of piperidine rings is 1. The van der Waals surface area contributed by atoms with Crippen molar-refractivity contribution in [1.29, 1.82) is 0 Å². The SMILES string of the molecule is O=C1C(=O)N(C23CC4CC(CC(C4)C2)C3)C(=O)N1CC(=O)N1CCCC2CCCCC21. The molecule has 0 N–H and O–H groups in total. The summed E-state index contributed by atoms with van der Waals surface area (Å²) in [6, 6.07) is -0.305. The normalized spacial score (nSPS) is 41.9. The molecule has 7 heteroatoms. The molecule has 0 radical (unpaired) electrons. The zero-order valence-electron chi connectivity index (χ0n) is 18.3. The molecule has 5 amide bonds. The summed E-state index contributed by atoms with van der Waals surface area (Å²) in [6.45, 7) is 0.415. The molecule has 0 aromatic heterocycles. The molecular formula is C24H33N3O4. The maximum absolute atomic E-state index is 13.4. The number of amides is 5. The van der Waals surface area contributed by atoms with Crippen LogP contribution >= 0.6 is 0 Å². The van der Waals surface area contributed by atoms with Crippen LogP contribution in [0.5, 0.6) is 0 Å². The van der Waals surface area contributed by atoms with Crippen LogP contribution in [0.15, 0.2) is 0 Å². The lowest BCUT2D eigenvalue weighted by Gasteiger charge is -2.58. The second kappa shape index (κ2) is 7.04. The summed E-state index contributed by atoms with van der Waals surface area (Å²) >= 11 is 0. The predicted octanol–water partition coefficient (Wildman–Crippen LogP) is 2.93.